The number of oxazole rings is 1. The Labute approximate surface area is 124 Å². The molecule has 6 nitrogen and oxygen atoms in total. The van der Waals surface area contributed by atoms with Crippen molar-refractivity contribution >= 4 is 22.3 Å². The molecule has 0 unspecified atom stereocenters. The molecule has 4 rings (SSSR count). The first-order valence-electron chi connectivity index (χ1n) is 6.88. The van der Waals surface area contributed by atoms with Crippen LogP contribution in [0.2, 0.25) is 0 Å². The molecule has 0 saturated heterocycles. The lowest BCUT2D eigenvalue weighted by Crippen LogP contribution is -2.03. The van der Waals surface area contributed by atoms with Crippen LogP contribution in [0.15, 0.2) is 35.0 Å². The molecule has 4 aromatic rings. The van der Waals surface area contributed by atoms with E-state index in [4.69, 9.17) is 4.42 Å². The second kappa shape index (κ2) is 4.59. The minimum absolute atomic E-state index is 0.174. The van der Waals surface area contributed by atoms with Crippen LogP contribution in [0.5, 0.6) is 0 Å². The minimum atomic E-state index is -0.595. The monoisotopic (exact) mass is 297 g/mol. The van der Waals surface area contributed by atoms with Crippen LogP contribution in [0.4, 0.5) is 4.39 Å². The number of rotatable bonds is 2. The fourth-order valence-corrected chi connectivity index (χ4v) is 2.35. The van der Waals surface area contributed by atoms with Crippen molar-refractivity contribution in [2.75, 3.05) is 0 Å². The van der Waals surface area contributed by atoms with Gasteiger partial charge < -0.3 is 4.42 Å². The van der Waals surface area contributed by atoms with Crippen molar-refractivity contribution in [3.8, 4) is 11.5 Å². The highest BCUT2D eigenvalue weighted by Crippen LogP contribution is 2.26. The van der Waals surface area contributed by atoms with Crippen LogP contribution in [0.1, 0.15) is 19.9 Å². The molecule has 4 heterocycles. The summed E-state index contributed by atoms with van der Waals surface area (Å²) >= 11 is 0. The number of fused-ring (bicyclic) bond motifs is 2. The van der Waals surface area contributed by atoms with Gasteiger partial charge >= 0.3 is 0 Å². The maximum Gasteiger partial charge on any atom is 0.250 e. The Kier molecular flexibility index (Phi) is 2.69. The molecule has 0 N–H and O–H groups in total. The molecule has 110 valence electrons. The van der Waals surface area contributed by atoms with E-state index < -0.39 is 5.95 Å². The van der Waals surface area contributed by atoms with E-state index in [1.807, 2.05) is 24.6 Å². The Morgan fingerprint density at radius 1 is 1.18 bits per heavy atom. The quantitative estimate of drug-likeness (QED) is 0.531. The maximum atomic E-state index is 13.1. The van der Waals surface area contributed by atoms with Crippen LogP contribution in [-0.4, -0.2) is 24.7 Å². The molecule has 0 aliphatic rings. The smallest absolute Gasteiger partial charge is 0.250 e. The van der Waals surface area contributed by atoms with E-state index >= 15 is 0 Å². The molecule has 0 atom stereocenters. The topological polar surface area (TPSA) is 69.6 Å². The average molecular weight is 297 g/mol. The van der Waals surface area contributed by atoms with E-state index in [2.05, 4.69) is 20.1 Å². The lowest BCUT2D eigenvalue weighted by Gasteiger charge is -2.05. The number of pyridine rings is 2. The largest absolute Gasteiger partial charge is 0.418 e. The SMILES string of the molecule is CC(C)n1ncc2cc(-c3nc4ccc(F)nc4o3)cnc21. The average Bonchev–Trinajstić information content (AvgIpc) is 3.09. The van der Waals surface area contributed by atoms with Gasteiger partial charge in [0.05, 0.1) is 11.8 Å². The van der Waals surface area contributed by atoms with Gasteiger partial charge in [0.2, 0.25) is 17.6 Å². The number of halogens is 1. The van der Waals surface area contributed by atoms with Gasteiger partial charge in [-0.1, -0.05) is 0 Å². The zero-order chi connectivity index (χ0) is 15.3. The first-order chi connectivity index (χ1) is 10.6. The molecule has 0 aliphatic heterocycles. The first kappa shape index (κ1) is 12.9. The molecule has 7 heteroatoms. The Morgan fingerprint density at radius 3 is 2.86 bits per heavy atom. The lowest BCUT2D eigenvalue weighted by molar-refractivity contribution is 0.546. The second-order valence-corrected chi connectivity index (χ2v) is 5.30. The van der Waals surface area contributed by atoms with Crippen molar-refractivity contribution in [1.29, 1.82) is 0 Å². The van der Waals surface area contributed by atoms with Crippen molar-refractivity contribution in [3.05, 3.63) is 36.5 Å². The van der Waals surface area contributed by atoms with Crippen LogP contribution >= 0.6 is 0 Å². The van der Waals surface area contributed by atoms with Crippen LogP contribution < -0.4 is 0 Å². The second-order valence-electron chi connectivity index (χ2n) is 5.30. The molecule has 4 aromatic heterocycles. The van der Waals surface area contributed by atoms with Gasteiger partial charge in [0.15, 0.2) is 5.65 Å². The zero-order valence-corrected chi connectivity index (χ0v) is 12.0. The molecule has 0 radical (unpaired) electrons. The highest BCUT2D eigenvalue weighted by Gasteiger charge is 2.13. The highest BCUT2D eigenvalue weighted by atomic mass is 19.1. The number of hydrogen-bond acceptors (Lipinski definition) is 5. The lowest BCUT2D eigenvalue weighted by atomic mass is 10.2. The van der Waals surface area contributed by atoms with Crippen LogP contribution in [0.25, 0.3) is 33.7 Å². The Balaban J connectivity index is 1.85. The van der Waals surface area contributed by atoms with E-state index in [1.165, 1.54) is 12.1 Å². The highest BCUT2D eigenvalue weighted by molar-refractivity contribution is 5.80. The fraction of sp³-hybridized carbons (Fsp3) is 0.200. The summed E-state index contributed by atoms with van der Waals surface area (Å²) in [5, 5.41) is 5.22. The van der Waals surface area contributed by atoms with Crippen LogP contribution in [0.3, 0.4) is 0 Å². The summed E-state index contributed by atoms with van der Waals surface area (Å²) in [4.78, 5) is 12.4. The van der Waals surface area contributed by atoms with Gasteiger partial charge in [-0.3, -0.25) is 0 Å². The summed E-state index contributed by atoms with van der Waals surface area (Å²) in [7, 11) is 0. The van der Waals surface area contributed by atoms with Gasteiger partial charge in [-0.25, -0.2) is 14.6 Å². The van der Waals surface area contributed by atoms with E-state index in [1.54, 1.807) is 12.4 Å². The minimum Gasteiger partial charge on any atom is -0.418 e. The van der Waals surface area contributed by atoms with Gasteiger partial charge in [-0.2, -0.15) is 14.5 Å². The number of nitrogens with zero attached hydrogens (tertiary/aromatic N) is 5. The molecule has 0 aromatic carbocycles. The summed E-state index contributed by atoms with van der Waals surface area (Å²) in [5.74, 6) is -0.234. The standard InChI is InChI=1S/C15H12FN5O/c1-8(2)21-13-9(7-18-21)5-10(6-17-13)14-19-11-3-4-12(16)20-15(11)22-14/h3-8H,1-2H3. The molecular formula is C15H12FN5O. The summed E-state index contributed by atoms with van der Waals surface area (Å²) in [6.45, 7) is 4.09. The Morgan fingerprint density at radius 2 is 2.05 bits per heavy atom. The van der Waals surface area contributed by atoms with Crippen molar-refractivity contribution in [3.63, 3.8) is 0 Å². The molecule has 0 amide bonds. The van der Waals surface area contributed by atoms with E-state index in [0.29, 0.717) is 17.0 Å². The molecular weight excluding hydrogens is 285 g/mol. The van der Waals surface area contributed by atoms with E-state index in [-0.39, 0.29) is 11.8 Å². The third kappa shape index (κ3) is 1.93. The molecule has 0 fully saturated rings. The van der Waals surface area contributed by atoms with Crippen molar-refractivity contribution < 1.29 is 8.81 Å². The summed E-state index contributed by atoms with van der Waals surface area (Å²) < 4.78 is 20.5. The third-order valence-electron chi connectivity index (χ3n) is 3.39. The normalized spacial score (nSPS) is 11.8. The van der Waals surface area contributed by atoms with Crippen LogP contribution in [-0.2, 0) is 0 Å². The summed E-state index contributed by atoms with van der Waals surface area (Å²) in [5.41, 5.74) is 2.19. The van der Waals surface area contributed by atoms with Crippen molar-refractivity contribution in [2.24, 2.45) is 0 Å². The van der Waals surface area contributed by atoms with Crippen molar-refractivity contribution in [1.82, 2.24) is 24.7 Å². The molecule has 0 bridgehead atoms. The predicted molar refractivity (Wildman–Crippen MR) is 78.7 cm³/mol. The van der Waals surface area contributed by atoms with Gasteiger partial charge in [0.25, 0.3) is 0 Å². The number of aromatic nitrogens is 5. The molecule has 0 spiro atoms. The van der Waals surface area contributed by atoms with Gasteiger partial charge in [0.1, 0.15) is 5.52 Å². The molecule has 0 saturated carbocycles. The van der Waals surface area contributed by atoms with Crippen molar-refractivity contribution in [2.45, 2.75) is 19.9 Å². The number of hydrogen-bond donors (Lipinski definition) is 0. The summed E-state index contributed by atoms with van der Waals surface area (Å²) in [6, 6.07) is 4.91. The van der Waals surface area contributed by atoms with Gasteiger partial charge in [-0.05, 0) is 32.0 Å². The van der Waals surface area contributed by atoms with Gasteiger partial charge in [-0.15, -0.1) is 0 Å². The molecule has 22 heavy (non-hydrogen) atoms. The maximum absolute atomic E-state index is 13.1. The Bertz CT molecular complexity index is 988. The fourth-order valence-electron chi connectivity index (χ4n) is 2.35. The van der Waals surface area contributed by atoms with Gasteiger partial charge in [0, 0.05) is 17.6 Å². The van der Waals surface area contributed by atoms with E-state index in [0.717, 1.165) is 11.0 Å². The predicted octanol–water partition coefficient (Wildman–Crippen LogP) is 3.35. The Hall–Kier alpha value is -2.83. The molecule has 0 aliphatic carbocycles. The zero-order valence-electron chi connectivity index (χ0n) is 12.0. The van der Waals surface area contributed by atoms with Crippen LogP contribution in [0, 0.1) is 5.95 Å². The third-order valence-corrected chi connectivity index (χ3v) is 3.39. The summed E-state index contributed by atoms with van der Waals surface area (Å²) in [6.07, 6.45) is 3.43. The first-order valence-corrected chi connectivity index (χ1v) is 6.88. The van der Waals surface area contributed by atoms with E-state index in [9.17, 15) is 4.39 Å².